The van der Waals surface area contributed by atoms with Gasteiger partial charge in [-0.15, -0.1) is 0 Å². The van der Waals surface area contributed by atoms with Crippen molar-refractivity contribution in [2.75, 3.05) is 30.5 Å². The van der Waals surface area contributed by atoms with Crippen molar-refractivity contribution < 1.29 is 19.7 Å². The molecule has 2 aromatic rings. The van der Waals surface area contributed by atoms with E-state index in [9.17, 15) is 14.7 Å². The number of aliphatic hydroxyl groups is 2. The predicted octanol–water partition coefficient (Wildman–Crippen LogP) is 0.170. The summed E-state index contributed by atoms with van der Waals surface area (Å²) in [6, 6.07) is 4.94. The smallest absolute Gasteiger partial charge is 0.426 e. The van der Waals surface area contributed by atoms with E-state index in [1.807, 2.05) is 0 Å². The molecule has 1 unspecified atom stereocenters. The highest BCUT2D eigenvalue weighted by Crippen LogP contribution is 2.15. The molecule has 9 nitrogen and oxygen atoms in total. The van der Waals surface area contributed by atoms with Crippen molar-refractivity contribution in [3.8, 4) is 0 Å². The Labute approximate surface area is 137 Å². The second kappa shape index (κ2) is 7.75. The van der Waals surface area contributed by atoms with E-state index in [0.29, 0.717) is 22.4 Å². The van der Waals surface area contributed by atoms with Crippen molar-refractivity contribution >= 4 is 22.7 Å². The molecule has 4 N–H and O–H groups in total. The summed E-state index contributed by atoms with van der Waals surface area (Å²) in [6.45, 7) is 3.21. The van der Waals surface area contributed by atoms with Crippen molar-refractivity contribution in [2.24, 2.45) is 0 Å². The molecule has 0 radical (unpaired) electrons. The molecule has 1 aromatic heterocycles. The molecule has 0 spiro atoms. The maximum Gasteiger partial charge on any atom is 0.426 e. The number of rotatable bonds is 6. The summed E-state index contributed by atoms with van der Waals surface area (Å²) >= 11 is 0. The normalized spacial score (nSPS) is 12.0. The van der Waals surface area contributed by atoms with Crippen LogP contribution in [0.3, 0.4) is 0 Å². The van der Waals surface area contributed by atoms with Crippen LogP contribution in [0.2, 0.25) is 0 Å². The van der Waals surface area contributed by atoms with E-state index in [-0.39, 0.29) is 19.8 Å². The topological polar surface area (TPSA) is 126 Å². The fourth-order valence-electron chi connectivity index (χ4n) is 2.09. The van der Waals surface area contributed by atoms with Crippen LogP contribution in [-0.4, -0.2) is 51.8 Å². The van der Waals surface area contributed by atoms with Crippen LogP contribution in [0, 0.1) is 6.92 Å². The number of amides is 1. The van der Waals surface area contributed by atoms with Gasteiger partial charge in [0.1, 0.15) is 5.82 Å². The number of aromatic nitrogens is 2. The van der Waals surface area contributed by atoms with E-state index in [0.717, 1.165) is 4.68 Å². The third-order valence-corrected chi connectivity index (χ3v) is 3.27. The van der Waals surface area contributed by atoms with Gasteiger partial charge in [0.2, 0.25) is 0 Å². The first kappa shape index (κ1) is 17.7. The first-order chi connectivity index (χ1) is 11.5. The van der Waals surface area contributed by atoms with Gasteiger partial charge in [0.05, 0.1) is 30.2 Å². The number of aliphatic hydroxyl groups excluding tert-OH is 2. The number of nitrogens with zero attached hydrogens (tertiary/aromatic N) is 2. The van der Waals surface area contributed by atoms with E-state index in [2.05, 4.69) is 15.7 Å². The second-order valence-corrected chi connectivity index (χ2v) is 5.08. The minimum absolute atomic E-state index is 0.135. The van der Waals surface area contributed by atoms with Crippen molar-refractivity contribution in [3.63, 3.8) is 0 Å². The second-order valence-electron chi connectivity index (χ2n) is 5.08. The zero-order valence-corrected chi connectivity index (χ0v) is 13.4. The van der Waals surface area contributed by atoms with Gasteiger partial charge in [0.15, 0.2) is 0 Å². The van der Waals surface area contributed by atoms with Crippen molar-refractivity contribution in [1.29, 1.82) is 0 Å². The molecule has 2 rings (SSSR count). The Morgan fingerprint density at radius 2 is 2.21 bits per heavy atom. The molecule has 1 amide bonds. The van der Waals surface area contributed by atoms with Crippen molar-refractivity contribution in [3.05, 3.63) is 34.4 Å². The number of carbonyl (C=O) groups is 1. The van der Waals surface area contributed by atoms with E-state index >= 15 is 0 Å². The fraction of sp³-hybridized carbons (Fsp3) is 0.400. The number of benzene rings is 1. The highest BCUT2D eigenvalue weighted by Gasteiger charge is 2.12. The van der Waals surface area contributed by atoms with Crippen LogP contribution in [0.25, 0.3) is 10.9 Å². The van der Waals surface area contributed by atoms with Crippen LogP contribution in [0.5, 0.6) is 0 Å². The van der Waals surface area contributed by atoms with Crippen LogP contribution in [0.1, 0.15) is 12.7 Å². The summed E-state index contributed by atoms with van der Waals surface area (Å²) in [4.78, 5) is 28.4. The molecule has 1 aromatic carbocycles. The number of aryl methyl sites for hydroxylation is 1. The van der Waals surface area contributed by atoms with E-state index in [1.165, 1.54) is 0 Å². The standard InChI is InChI=1S/C15H20N4O5/c1-3-24-15(23)18-19-9(2)17-13-5-4-10(6-12(13)14(19)22)16-7-11(21)8-20/h4-6,11,16,20-21H,3,7-8H2,1-2H3,(H,18,23). The Morgan fingerprint density at radius 1 is 1.46 bits per heavy atom. The molecular formula is C15H20N4O5. The highest BCUT2D eigenvalue weighted by atomic mass is 16.6. The molecule has 130 valence electrons. The van der Waals surface area contributed by atoms with Crippen LogP contribution in [0.15, 0.2) is 23.0 Å². The SMILES string of the molecule is CCOC(=O)Nn1c(C)nc2ccc(NCC(O)CO)cc2c1=O. The summed E-state index contributed by atoms with van der Waals surface area (Å²) in [6.07, 6.45) is -1.65. The third kappa shape index (κ3) is 4.00. The molecule has 1 atom stereocenters. The number of fused-ring (bicyclic) bond motifs is 1. The monoisotopic (exact) mass is 336 g/mol. The summed E-state index contributed by atoms with van der Waals surface area (Å²) in [5.74, 6) is 0.317. The number of carbonyl (C=O) groups excluding carboxylic acids is 1. The maximum atomic E-state index is 12.6. The number of anilines is 1. The Bertz CT molecular complexity index is 789. The molecule has 0 saturated carbocycles. The van der Waals surface area contributed by atoms with Crippen LogP contribution in [0.4, 0.5) is 10.5 Å². The molecule has 0 saturated heterocycles. The first-order valence-electron chi connectivity index (χ1n) is 7.46. The highest BCUT2D eigenvalue weighted by molar-refractivity contribution is 5.82. The molecule has 9 heteroatoms. The zero-order valence-electron chi connectivity index (χ0n) is 13.4. The number of hydrogen-bond acceptors (Lipinski definition) is 7. The van der Waals surface area contributed by atoms with Crippen LogP contribution < -0.4 is 16.3 Å². The summed E-state index contributed by atoms with van der Waals surface area (Å²) < 4.78 is 5.79. The van der Waals surface area contributed by atoms with Crippen molar-refractivity contribution in [1.82, 2.24) is 9.66 Å². The fourth-order valence-corrected chi connectivity index (χ4v) is 2.09. The summed E-state index contributed by atoms with van der Waals surface area (Å²) in [5.41, 5.74) is 2.95. The van der Waals surface area contributed by atoms with Crippen molar-refractivity contribution in [2.45, 2.75) is 20.0 Å². The lowest BCUT2D eigenvalue weighted by Crippen LogP contribution is -2.35. The summed E-state index contributed by atoms with van der Waals surface area (Å²) in [5, 5.41) is 21.4. The molecule has 0 fully saturated rings. The third-order valence-electron chi connectivity index (χ3n) is 3.27. The maximum absolute atomic E-state index is 12.6. The molecule has 1 heterocycles. The van der Waals surface area contributed by atoms with Gasteiger partial charge in [-0.25, -0.2) is 15.2 Å². The van der Waals surface area contributed by atoms with Crippen LogP contribution in [-0.2, 0) is 4.74 Å². The number of ether oxygens (including phenoxy) is 1. The molecule has 24 heavy (non-hydrogen) atoms. The average Bonchev–Trinajstić information content (AvgIpc) is 2.57. The van der Waals surface area contributed by atoms with Gasteiger partial charge < -0.3 is 20.3 Å². The zero-order chi connectivity index (χ0) is 17.7. The minimum Gasteiger partial charge on any atom is -0.449 e. The largest absolute Gasteiger partial charge is 0.449 e. The average molecular weight is 336 g/mol. The number of hydrogen-bond donors (Lipinski definition) is 4. The molecular weight excluding hydrogens is 316 g/mol. The number of nitrogens with one attached hydrogen (secondary N) is 2. The summed E-state index contributed by atoms with van der Waals surface area (Å²) in [7, 11) is 0. The Hall–Kier alpha value is -2.65. The molecule has 0 aliphatic heterocycles. The van der Waals surface area contributed by atoms with E-state index < -0.39 is 17.8 Å². The first-order valence-corrected chi connectivity index (χ1v) is 7.46. The Kier molecular flexibility index (Phi) is 5.72. The van der Waals surface area contributed by atoms with Gasteiger partial charge in [-0.2, -0.15) is 4.68 Å². The lowest BCUT2D eigenvalue weighted by atomic mass is 10.2. The lowest BCUT2D eigenvalue weighted by Gasteiger charge is -2.13. The molecule has 0 aliphatic rings. The van der Waals surface area contributed by atoms with Gasteiger partial charge in [0.25, 0.3) is 5.56 Å². The van der Waals surface area contributed by atoms with Crippen LogP contribution >= 0.6 is 0 Å². The van der Waals surface area contributed by atoms with E-state index in [1.54, 1.807) is 32.0 Å². The Balaban J connectivity index is 2.36. The predicted molar refractivity (Wildman–Crippen MR) is 88.7 cm³/mol. The van der Waals surface area contributed by atoms with Gasteiger partial charge >= 0.3 is 6.09 Å². The van der Waals surface area contributed by atoms with Gasteiger partial charge in [-0.3, -0.25) is 4.79 Å². The van der Waals surface area contributed by atoms with Gasteiger partial charge in [-0.1, -0.05) is 0 Å². The Morgan fingerprint density at radius 3 is 2.88 bits per heavy atom. The minimum atomic E-state index is -0.904. The van der Waals surface area contributed by atoms with Gasteiger partial charge in [0, 0.05) is 12.2 Å². The quantitative estimate of drug-likeness (QED) is 0.592. The lowest BCUT2D eigenvalue weighted by molar-refractivity contribution is 0.105. The van der Waals surface area contributed by atoms with Gasteiger partial charge in [-0.05, 0) is 32.0 Å². The van der Waals surface area contributed by atoms with E-state index in [4.69, 9.17) is 9.84 Å². The molecule has 0 bridgehead atoms. The molecule has 0 aliphatic carbocycles.